The van der Waals surface area contributed by atoms with Crippen molar-refractivity contribution in [3.8, 4) is 0 Å². The third-order valence-electron chi connectivity index (χ3n) is 2.67. The van der Waals surface area contributed by atoms with E-state index in [1.165, 1.54) is 12.1 Å². The Hall–Kier alpha value is -1.72. The predicted molar refractivity (Wildman–Crippen MR) is 75.3 cm³/mol. The number of carbonyl (C=O) groups excluding carboxylic acids is 1. The number of nitrogens with zero attached hydrogens (tertiary/aromatic N) is 2. The van der Waals surface area contributed by atoms with Crippen molar-refractivity contribution in [3.63, 3.8) is 0 Å². The number of nitrogens with one attached hydrogen (secondary N) is 1. The van der Waals surface area contributed by atoms with E-state index >= 15 is 0 Å². The lowest BCUT2D eigenvalue weighted by atomic mass is 10.2. The monoisotopic (exact) mass is 298 g/mol. The Morgan fingerprint density at radius 1 is 1.42 bits per heavy atom. The molecule has 0 aliphatic heterocycles. The Morgan fingerprint density at radius 3 is 2.58 bits per heavy atom. The minimum absolute atomic E-state index is 0.259. The van der Waals surface area contributed by atoms with Crippen molar-refractivity contribution in [3.05, 3.63) is 46.0 Å². The van der Waals surface area contributed by atoms with Gasteiger partial charge in [0.1, 0.15) is 5.82 Å². The summed E-state index contributed by atoms with van der Waals surface area (Å²) in [6, 6.07) is 2.97. The van der Waals surface area contributed by atoms with E-state index in [1.54, 1.807) is 12.4 Å². The summed E-state index contributed by atoms with van der Waals surface area (Å²) in [5.41, 5.74) is 6.24. The highest BCUT2D eigenvalue weighted by atomic mass is 35.5. The van der Waals surface area contributed by atoms with Crippen LogP contribution in [0.25, 0.3) is 0 Å². The molecule has 0 atom stereocenters. The quantitative estimate of drug-likeness (QED) is 0.854. The highest BCUT2D eigenvalue weighted by Gasteiger charge is 2.11. The van der Waals surface area contributed by atoms with Gasteiger partial charge in [-0.1, -0.05) is 23.2 Å². The fraction of sp³-hybridized carbons (Fsp3) is 0.167. The topological polar surface area (TPSA) is 72.9 Å². The van der Waals surface area contributed by atoms with E-state index < -0.39 is 0 Å². The molecule has 1 amide bonds. The summed E-state index contributed by atoms with van der Waals surface area (Å²) in [6.45, 7) is 0.321. The summed E-state index contributed by atoms with van der Waals surface area (Å²) >= 11 is 11.8. The van der Waals surface area contributed by atoms with Crippen molar-refractivity contribution in [2.24, 2.45) is 7.05 Å². The standard InChI is InChI=1S/C12H12Cl2N4O/c1-18-3-2-16-10(18)6-17-12(19)7-4-8(13)11(15)9(14)5-7/h2-5H,6,15H2,1H3,(H,17,19). The number of anilines is 1. The first kappa shape index (κ1) is 13.7. The zero-order valence-electron chi connectivity index (χ0n) is 10.2. The second kappa shape index (κ2) is 5.50. The van der Waals surface area contributed by atoms with E-state index in [0.717, 1.165) is 5.82 Å². The molecule has 2 rings (SSSR count). The van der Waals surface area contributed by atoms with Gasteiger partial charge in [-0.3, -0.25) is 4.79 Å². The maximum absolute atomic E-state index is 12.0. The number of imidazole rings is 1. The zero-order valence-corrected chi connectivity index (χ0v) is 11.7. The van der Waals surface area contributed by atoms with Gasteiger partial charge in [-0.05, 0) is 12.1 Å². The average molecular weight is 299 g/mol. The van der Waals surface area contributed by atoms with Gasteiger partial charge in [0.2, 0.25) is 0 Å². The SMILES string of the molecule is Cn1ccnc1CNC(=O)c1cc(Cl)c(N)c(Cl)c1. The van der Waals surface area contributed by atoms with E-state index in [1.807, 2.05) is 11.6 Å². The Morgan fingerprint density at radius 2 is 2.05 bits per heavy atom. The molecule has 1 heterocycles. The van der Waals surface area contributed by atoms with Gasteiger partial charge in [-0.2, -0.15) is 0 Å². The second-order valence-electron chi connectivity index (χ2n) is 3.99. The number of amides is 1. The van der Waals surface area contributed by atoms with Gasteiger partial charge in [-0.25, -0.2) is 4.98 Å². The number of halogens is 2. The van der Waals surface area contributed by atoms with Crippen LogP contribution in [-0.4, -0.2) is 15.5 Å². The lowest BCUT2D eigenvalue weighted by molar-refractivity contribution is 0.0949. The van der Waals surface area contributed by atoms with E-state index in [4.69, 9.17) is 28.9 Å². The molecule has 0 saturated heterocycles. The van der Waals surface area contributed by atoms with Crippen molar-refractivity contribution in [1.82, 2.24) is 14.9 Å². The molecule has 0 bridgehead atoms. The van der Waals surface area contributed by atoms with Crippen LogP contribution < -0.4 is 11.1 Å². The highest BCUT2D eigenvalue weighted by molar-refractivity contribution is 6.39. The summed E-state index contributed by atoms with van der Waals surface area (Å²) < 4.78 is 1.82. The van der Waals surface area contributed by atoms with Crippen molar-refractivity contribution in [1.29, 1.82) is 0 Å². The van der Waals surface area contributed by atoms with E-state index in [-0.39, 0.29) is 21.6 Å². The predicted octanol–water partition coefficient (Wildman–Crippen LogP) is 2.24. The average Bonchev–Trinajstić information content (AvgIpc) is 2.78. The van der Waals surface area contributed by atoms with Crippen LogP contribution in [0.3, 0.4) is 0 Å². The fourth-order valence-electron chi connectivity index (χ4n) is 1.54. The first-order chi connectivity index (χ1) is 8.99. The summed E-state index contributed by atoms with van der Waals surface area (Å²) in [5.74, 6) is 0.466. The Labute approximate surface area is 120 Å². The summed E-state index contributed by atoms with van der Waals surface area (Å²) in [5, 5.41) is 3.25. The molecule has 1 aromatic carbocycles. The van der Waals surface area contributed by atoms with Crippen LogP contribution >= 0.6 is 23.2 Å². The number of aromatic nitrogens is 2. The molecule has 0 spiro atoms. The fourth-order valence-corrected chi connectivity index (χ4v) is 2.03. The number of hydrogen-bond donors (Lipinski definition) is 2. The summed E-state index contributed by atoms with van der Waals surface area (Å²) in [6.07, 6.45) is 3.47. The molecule has 0 unspecified atom stereocenters. The maximum Gasteiger partial charge on any atom is 0.251 e. The normalized spacial score (nSPS) is 10.5. The highest BCUT2D eigenvalue weighted by Crippen LogP contribution is 2.28. The number of aryl methyl sites for hydroxylation is 1. The Bertz CT molecular complexity index is 601. The Kier molecular flexibility index (Phi) is 3.97. The zero-order chi connectivity index (χ0) is 14.0. The molecule has 2 aromatic rings. The number of rotatable bonds is 3. The van der Waals surface area contributed by atoms with E-state index in [2.05, 4.69) is 10.3 Å². The van der Waals surface area contributed by atoms with Gasteiger partial charge in [0.05, 0.1) is 22.3 Å². The summed E-state index contributed by atoms with van der Waals surface area (Å²) in [4.78, 5) is 16.1. The smallest absolute Gasteiger partial charge is 0.251 e. The molecule has 0 fully saturated rings. The first-order valence-electron chi connectivity index (χ1n) is 5.48. The number of benzene rings is 1. The molecular formula is C12H12Cl2N4O. The minimum atomic E-state index is -0.285. The maximum atomic E-state index is 12.0. The molecule has 0 saturated carbocycles. The number of nitrogens with two attached hydrogens (primary N) is 1. The molecule has 100 valence electrons. The first-order valence-corrected chi connectivity index (χ1v) is 6.23. The molecule has 0 aliphatic carbocycles. The van der Waals surface area contributed by atoms with Crippen LogP contribution in [0.2, 0.25) is 10.0 Å². The molecule has 0 radical (unpaired) electrons. The van der Waals surface area contributed by atoms with E-state index in [9.17, 15) is 4.79 Å². The minimum Gasteiger partial charge on any atom is -0.396 e. The molecule has 5 nitrogen and oxygen atoms in total. The van der Waals surface area contributed by atoms with Crippen molar-refractivity contribution in [2.75, 3.05) is 5.73 Å². The van der Waals surface area contributed by atoms with Gasteiger partial charge in [-0.15, -0.1) is 0 Å². The van der Waals surface area contributed by atoms with Crippen molar-refractivity contribution < 1.29 is 4.79 Å². The lowest BCUT2D eigenvalue weighted by Gasteiger charge is -2.08. The van der Waals surface area contributed by atoms with Gasteiger partial charge in [0.15, 0.2) is 0 Å². The van der Waals surface area contributed by atoms with Crippen LogP contribution in [-0.2, 0) is 13.6 Å². The third-order valence-corrected chi connectivity index (χ3v) is 3.29. The molecule has 3 N–H and O–H groups in total. The molecule has 7 heteroatoms. The molecular weight excluding hydrogens is 287 g/mol. The lowest BCUT2D eigenvalue weighted by Crippen LogP contribution is -2.24. The third kappa shape index (κ3) is 3.00. The van der Waals surface area contributed by atoms with Crippen LogP contribution in [0.4, 0.5) is 5.69 Å². The van der Waals surface area contributed by atoms with E-state index in [0.29, 0.717) is 12.1 Å². The Balaban J connectivity index is 2.10. The van der Waals surface area contributed by atoms with Crippen molar-refractivity contribution in [2.45, 2.75) is 6.54 Å². The van der Waals surface area contributed by atoms with Gasteiger partial charge in [0.25, 0.3) is 5.91 Å². The number of hydrogen-bond acceptors (Lipinski definition) is 3. The van der Waals surface area contributed by atoms with Crippen LogP contribution in [0, 0.1) is 0 Å². The van der Waals surface area contributed by atoms with Gasteiger partial charge >= 0.3 is 0 Å². The molecule has 1 aromatic heterocycles. The van der Waals surface area contributed by atoms with Crippen LogP contribution in [0.15, 0.2) is 24.5 Å². The summed E-state index contributed by atoms with van der Waals surface area (Å²) in [7, 11) is 1.85. The molecule has 19 heavy (non-hydrogen) atoms. The number of nitrogen functional groups attached to an aromatic ring is 1. The van der Waals surface area contributed by atoms with Crippen LogP contribution in [0.1, 0.15) is 16.2 Å². The van der Waals surface area contributed by atoms with Gasteiger partial charge < -0.3 is 15.6 Å². The van der Waals surface area contributed by atoms with Crippen molar-refractivity contribution >= 4 is 34.8 Å². The largest absolute Gasteiger partial charge is 0.396 e. The second-order valence-corrected chi connectivity index (χ2v) is 4.81. The van der Waals surface area contributed by atoms with Gasteiger partial charge in [0, 0.05) is 25.0 Å². The van der Waals surface area contributed by atoms with Crippen LogP contribution in [0.5, 0.6) is 0 Å². The number of carbonyl (C=O) groups is 1. The molecule has 0 aliphatic rings.